The molecule has 0 saturated heterocycles. The Labute approximate surface area is 365 Å². The molecule has 7 aromatic carbocycles. The standard InChI is InChI=1S/C57H40N4S/c1-2-3-4-5-15-28-48-37-51(39-18-9-6-10-19-39)59-56(58-48)46-26-16-24-42(33-46)44-29-31-54-49(35-44)50-36-45(30-32-55(50)62-54)43-25-17-27-47(34-43)57-60-52(40-20-11-7-12-21-40)38-53(61-57)41-22-13-8-14-23-41/h2-27,29-38H,1,28H2/b4-3-,15-5-. The molecule has 0 spiro atoms. The molecule has 0 aliphatic rings. The highest BCUT2D eigenvalue weighted by atomic mass is 32.1. The summed E-state index contributed by atoms with van der Waals surface area (Å²) in [6.07, 6.45) is 10.5. The van der Waals surface area contributed by atoms with Gasteiger partial charge in [0.25, 0.3) is 0 Å². The fourth-order valence-corrected chi connectivity index (χ4v) is 8.87. The molecule has 0 atom stereocenters. The molecule has 62 heavy (non-hydrogen) atoms. The lowest BCUT2D eigenvalue weighted by atomic mass is 9.98. The zero-order valence-electron chi connectivity index (χ0n) is 33.9. The van der Waals surface area contributed by atoms with Gasteiger partial charge < -0.3 is 0 Å². The predicted octanol–water partition coefficient (Wildman–Crippen LogP) is 15.1. The Morgan fingerprint density at radius 1 is 0.371 bits per heavy atom. The third-order valence-corrected chi connectivity index (χ3v) is 12.1. The summed E-state index contributed by atoms with van der Waals surface area (Å²) in [5, 5.41) is 2.47. The van der Waals surface area contributed by atoms with Crippen molar-refractivity contribution in [3.63, 3.8) is 0 Å². The van der Waals surface area contributed by atoms with E-state index in [0.29, 0.717) is 18.1 Å². The van der Waals surface area contributed by atoms with Gasteiger partial charge in [0.05, 0.1) is 17.1 Å². The molecule has 0 radical (unpaired) electrons. The smallest absolute Gasteiger partial charge is 0.160 e. The van der Waals surface area contributed by atoms with E-state index < -0.39 is 0 Å². The predicted molar refractivity (Wildman–Crippen MR) is 261 cm³/mol. The third kappa shape index (κ3) is 8.18. The molecule has 0 aliphatic heterocycles. The number of benzene rings is 7. The summed E-state index contributed by atoms with van der Waals surface area (Å²) >= 11 is 1.83. The zero-order valence-corrected chi connectivity index (χ0v) is 34.7. The molecule has 3 heterocycles. The van der Waals surface area contributed by atoms with Crippen LogP contribution >= 0.6 is 11.3 Å². The van der Waals surface area contributed by atoms with Crippen molar-refractivity contribution >= 4 is 31.5 Å². The van der Waals surface area contributed by atoms with Crippen molar-refractivity contribution in [1.29, 1.82) is 0 Å². The largest absolute Gasteiger partial charge is 0.233 e. The van der Waals surface area contributed by atoms with Crippen molar-refractivity contribution in [2.75, 3.05) is 0 Å². The molecule has 294 valence electrons. The molecule has 0 amide bonds. The first kappa shape index (κ1) is 38.3. The number of hydrogen-bond acceptors (Lipinski definition) is 5. The lowest BCUT2D eigenvalue weighted by Gasteiger charge is -2.11. The topological polar surface area (TPSA) is 51.6 Å². The summed E-state index contributed by atoms with van der Waals surface area (Å²) in [7, 11) is 0. The minimum absolute atomic E-state index is 0.690. The molecule has 10 rings (SSSR count). The lowest BCUT2D eigenvalue weighted by molar-refractivity contribution is 1.06. The summed E-state index contributed by atoms with van der Waals surface area (Å²) in [6.45, 7) is 3.76. The number of aromatic nitrogens is 4. The van der Waals surface area contributed by atoms with E-state index in [9.17, 15) is 0 Å². The second-order valence-electron chi connectivity index (χ2n) is 15.1. The SMILES string of the molecule is C=C/C=C\C=C/Cc1cc(-c2ccccc2)nc(-c2cccc(-c3ccc4sc5ccc(-c6cccc(-c7nc(-c8ccccc8)cc(-c8ccccc8)n7)c6)cc5c4c3)c2)n1. The van der Waals surface area contributed by atoms with Crippen LogP contribution in [0.25, 0.3) is 99.0 Å². The Morgan fingerprint density at radius 3 is 1.31 bits per heavy atom. The first-order chi connectivity index (χ1) is 30.6. The van der Waals surface area contributed by atoms with Crippen molar-refractivity contribution < 1.29 is 0 Å². The van der Waals surface area contributed by atoms with Crippen LogP contribution in [-0.4, -0.2) is 19.9 Å². The van der Waals surface area contributed by atoms with Gasteiger partial charge in [0.1, 0.15) is 0 Å². The van der Waals surface area contributed by atoms with E-state index in [1.807, 2.05) is 84.2 Å². The monoisotopic (exact) mass is 812 g/mol. The van der Waals surface area contributed by atoms with Crippen LogP contribution in [0.4, 0.5) is 0 Å². The van der Waals surface area contributed by atoms with Gasteiger partial charge in [-0.2, -0.15) is 0 Å². The summed E-state index contributed by atoms with van der Waals surface area (Å²) in [5.74, 6) is 1.41. The summed E-state index contributed by atoms with van der Waals surface area (Å²) < 4.78 is 2.51. The average Bonchev–Trinajstić information content (AvgIpc) is 3.72. The van der Waals surface area contributed by atoms with Gasteiger partial charge >= 0.3 is 0 Å². The number of rotatable bonds is 11. The lowest BCUT2D eigenvalue weighted by Crippen LogP contribution is -1.98. The van der Waals surface area contributed by atoms with E-state index in [2.05, 4.69) is 146 Å². The number of nitrogens with zero attached hydrogens (tertiary/aromatic N) is 4. The van der Waals surface area contributed by atoms with Crippen LogP contribution < -0.4 is 0 Å². The Hall–Kier alpha value is -7.86. The van der Waals surface area contributed by atoms with Gasteiger partial charge in [-0.3, -0.25) is 0 Å². The number of hydrogen-bond donors (Lipinski definition) is 0. The Balaban J connectivity index is 0.999. The zero-order chi connectivity index (χ0) is 41.7. The van der Waals surface area contributed by atoms with E-state index in [4.69, 9.17) is 19.9 Å². The molecular weight excluding hydrogens is 773 g/mol. The summed E-state index contributed by atoms with van der Waals surface area (Å²) in [4.78, 5) is 20.3. The summed E-state index contributed by atoms with van der Waals surface area (Å²) in [6, 6.07) is 65.9. The third-order valence-electron chi connectivity index (χ3n) is 10.9. The van der Waals surface area contributed by atoms with Gasteiger partial charge in [0, 0.05) is 60.1 Å². The average molecular weight is 813 g/mol. The van der Waals surface area contributed by atoms with Crippen molar-refractivity contribution in [1.82, 2.24) is 19.9 Å². The highest BCUT2D eigenvalue weighted by Gasteiger charge is 2.15. The van der Waals surface area contributed by atoms with Crippen molar-refractivity contribution in [3.05, 3.63) is 231 Å². The van der Waals surface area contributed by atoms with Crippen molar-refractivity contribution in [2.24, 2.45) is 0 Å². The van der Waals surface area contributed by atoms with E-state index in [-0.39, 0.29) is 0 Å². The van der Waals surface area contributed by atoms with Crippen LogP contribution in [0, 0.1) is 0 Å². The van der Waals surface area contributed by atoms with E-state index >= 15 is 0 Å². The van der Waals surface area contributed by atoms with Gasteiger partial charge in [-0.1, -0.05) is 176 Å². The quantitative estimate of drug-likeness (QED) is 0.122. The van der Waals surface area contributed by atoms with Gasteiger partial charge in [-0.25, -0.2) is 19.9 Å². The van der Waals surface area contributed by atoms with Gasteiger partial charge in [-0.15, -0.1) is 11.3 Å². The van der Waals surface area contributed by atoms with Crippen molar-refractivity contribution in [3.8, 4) is 78.8 Å². The first-order valence-corrected chi connectivity index (χ1v) is 21.5. The maximum absolute atomic E-state index is 5.10. The maximum Gasteiger partial charge on any atom is 0.160 e. The Kier molecular flexibility index (Phi) is 10.8. The van der Waals surface area contributed by atoms with E-state index in [0.717, 1.165) is 72.8 Å². The fourth-order valence-electron chi connectivity index (χ4n) is 7.80. The molecule has 0 bridgehead atoms. The molecular formula is C57H40N4S. The minimum Gasteiger partial charge on any atom is -0.233 e. The molecule has 0 aliphatic carbocycles. The van der Waals surface area contributed by atoms with Gasteiger partial charge in [-0.05, 0) is 70.8 Å². The highest BCUT2D eigenvalue weighted by molar-refractivity contribution is 7.25. The second kappa shape index (κ2) is 17.4. The van der Waals surface area contributed by atoms with E-state index in [1.165, 1.54) is 20.2 Å². The molecule has 0 fully saturated rings. The van der Waals surface area contributed by atoms with Crippen LogP contribution in [0.2, 0.25) is 0 Å². The van der Waals surface area contributed by atoms with Crippen molar-refractivity contribution in [2.45, 2.75) is 6.42 Å². The van der Waals surface area contributed by atoms with Crippen LogP contribution in [-0.2, 0) is 6.42 Å². The normalized spacial score (nSPS) is 11.5. The Morgan fingerprint density at radius 2 is 0.806 bits per heavy atom. The summed E-state index contributed by atoms with van der Waals surface area (Å²) in [5.41, 5.74) is 13.3. The molecule has 10 aromatic rings. The van der Waals surface area contributed by atoms with Gasteiger partial charge in [0.15, 0.2) is 11.6 Å². The number of thiophene rings is 1. The second-order valence-corrected chi connectivity index (χ2v) is 16.2. The van der Waals surface area contributed by atoms with E-state index in [1.54, 1.807) is 6.08 Å². The fraction of sp³-hybridized carbons (Fsp3) is 0.0175. The molecule has 5 heteroatoms. The molecule has 0 N–H and O–H groups in total. The van der Waals surface area contributed by atoms with Crippen LogP contribution in [0.15, 0.2) is 225 Å². The van der Waals surface area contributed by atoms with Crippen LogP contribution in [0.3, 0.4) is 0 Å². The number of fused-ring (bicyclic) bond motifs is 3. The van der Waals surface area contributed by atoms with Gasteiger partial charge in [0.2, 0.25) is 0 Å². The van der Waals surface area contributed by atoms with Crippen LogP contribution in [0.5, 0.6) is 0 Å². The molecule has 3 aromatic heterocycles. The first-order valence-electron chi connectivity index (χ1n) is 20.7. The number of allylic oxidation sites excluding steroid dienone is 5. The Bertz CT molecular complexity index is 3220. The molecule has 4 nitrogen and oxygen atoms in total. The highest BCUT2D eigenvalue weighted by Crippen LogP contribution is 2.40. The maximum atomic E-state index is 5.10. The molecule has 0 unspecified atom stereocenters. The van der Waals surface area contributed by atoms with Crippen LogP contribution in [0.1, 0.15) is 5.69 Å². The minimum atomic E-state index is 0.690. The molecule has 0 saturated carbocycles.